The molecule has 20 heavy (non-hydrogen) atoms. The summed E-state index contributed by atoms with van der Waals surface area (Å²) in [4.78, 5) is 4.68. The predicted molar refractivity (Wildman–Crippen MR) is 82.9 cm³/mol. The Morgan fingerprint density at radius 3 is 2.95 bits per heavy atom. The molecule has 1 aliphatic rings. The molecule has 0 bridgehead atoms. The van der Waals surface area contributed by atoms with Gasteiger partial charge in [0.05, 0.1) is 0 Å². The first-order valence-electron chi connectivity index (χ1n) is 7.47. The van der Waals surface area contributed by atoms with Gasteiger partial charge in [-0.25, -0.2) is 0 Å². The number of aromatic nitrogens is 1. The summed E-state index contributed by atoms with van der Waals surface area (Å²) < 4.78 is 0. The Labute approximate surface area is 121 Å². The number of likely N-dealkylation sites (N-methyl/N-ethyl adjacent to an activating group) is 1. The summed E-state index contributed by atoms with van der Waals surface area (Å²) in [5.74, 6) is 0.478. The molecule has 1 heterocycles. The quantitative estimate of drug-likeness (QED) is 0.914. The van der Waals surface area contributed by atoms with Gasteiger partial charge in [0.15, 0.2) is 0 Å². The second-order valence-electron chi connectivity index (χ2n) is 5.73. The molecule has 2 heteroatoms. The molecule has 0 saturated heterocycles. The topological polar surface area (TPSA) is 24.9 Å². The van der Waals surface area contributed by atoms with Crippen molar-refractivity contribution in [3.8, 4) is 0 Å². The lowest BCUT2D eigenvalue weighted by Gasteiger charge is -2.31. The van der Waals surface area contributed by atoms with Crippen molar-refractivity contribution in [2.45, 2.75) is 38.1 Å². The summed E-state index contributed by atoms with van der Waals surface area (Å²) in [6, 6.07) is 13.5. The molecule has 104 valence electrons. The number of rotatable bonds is 3. The molecule has 1 aliphatic carbocycles. The molecule has 2 nitrogen and oxygen atoms in total. The van der Waals surface area contributed by atoms with E-state index in [0.29, 0.717) is 12.0 Å². The van der Waals surface area contributed by atoms with Gasteiger partial charge in [0.25, 0.3) is 0 Å². The van der Waals surface area contributed by atoms with E-state index in [1.807, 2.05) is 6.20 Å². The predicted octanol–water partition coefficient (Wildman–Crippen LogP) is 3.77. The fraction of sp³-hybridized carbons (Fsp3) is 0.389. The monoisotopic (exact) mass is 266 g/mol. The lowest BCUT2D eigenvalue weighted by atomic mass is 9.79. The Kier molecular flexibility index (Phi) is 3.83. The van der Waals surface area contributed by atoms with Crippen molar-refractivity contribution >= 4 is 0 Å². The normalized spacial score (nSPS) is 19.4. The maximum absolute atomic E-state index is 4.68. The fourth-order valence-corrected chi connectivity index (χ4v) is 3.43. The van der Waals surface area contributed by atoms with Crippen LogP contribution in [0.3, 0.4) is 0 Å². The number of aryl methyl sites for hydroxylation is 2. The lowest BCUT2D eigenvalue weighted by molar-refractivity contribution is 0.415. The highest BCUT2D eigenvalue weighted by atomic mass is 14.9. The summed E-state index contributed by atoms with van der Waals surface area (Å²) in [5, 5.41) is 3.52. The van der Waals surface area contributed by atoms with Crippen LogP contribution in [0.4, 0.5) is 0 Å². The van der Waals surface area contributed by atoms with Crippen LogP contribution in [0, 0.1) is 6.92 Å². The third-order valence-electron chi connectivity index (χ3n) is 4.35. The van der Waals surface area contributed by atoms with E-state index in [2.05, 4.69) is 60.7 Å². The molecule has 2 atom stereocenters. The first-order valence-corrected chi connectivity index (χ1v) is 7.47. The molecular formula is C18H22N2. The summed E-state index contributed by atoms with van der Waals surface area (Å²) in [5.41, 5.74) is 5.41. The molecule has 0 amide bonds. The molecule has 0 aliphatic heterocycles. The maximum Gasteiger partial charge on any atom is 0.0485 e. The number of pyridine rings is 1. The van der Waals surface area contributed by atoms with E-state index in [0.717, 1.165) is 0 Å². The summed E-state index contributed by atoms with van der Waals surface area (Å²) >= 11 is 0. The van der Waals surface area contributed by atoms with E-state index < -0.39 is 0 Å². The van der Waals surface area contributed by atoms with Gasteiger partial charge in [-0.2, -0.15) is 0 Å². The number of nitrogens with zero attached hydrogens (tertiary/aromatic N) is 1. The van der Waals surface area contributed by atoms with Gasteiger partial charge in [-0.1, -0.05) is 35.9 Å². The zero-order valence-electron chi connectivity index (χ0n) is 12.3. The van der Waals surface area contributed by atoms with Crippen molar-refractivity contribution in [1.29, 1.82) is 0 Å². The third kappa shape index (κ3) is 2.48. The van der Waals surface area contributed by atoms with Crippen molar-refractivity contribution < 1.29 is 0 Å². The van der Waals surface area contributed by atoms with Gasteiger partial charge in [0.1, 0.15) is 0 Å². The minimum Gasteiger partial charge on any atom is -0.312 e. The van der Waals surface area contributed by atoms with Gasteiger partial charge in [-0.3, -0.25) is 4.98 Å². The molecule has 2 unspecified atom stereocenters. The maximum atomic E-state index is 4.68. The standard InChI is InChI=1S/C18H22N2/c1-13-6-3-8-15(12-13)17(19-2)16-10-4-7-14-9-5-11-20-18(14)16/h3,5-6,8-9,11-12,16-17,19H,4,7,10H2,1-2H3. The van der Waals surface area contributed by atoms with Crippen LogP contribution in [-0.2, 0) is 6.42 Å². The van der Waals surface area contributed by atoms with Crippen LogP contribution in [0.1, 0.15) is 47.2 Å². The SMILES string of the molecule is CNC(c1cccc(C)c1)C1CCCc2cccnc21. The van der Waals surface area contributed by atoms with E-state index in [1.54, 1.807) is 0 Å². The number of fused-ring (bicyclic) bond motifs is 1. The van der Waals surface area contributed by atoms with Crippen molar-refractivity contribution in [3.63, 3.8) is 0 Å². The summed E-state index contributed by atoms with van der Waals surface area (Å²) in [6.45, 7) is 2.16. The number of nitrogens with one attached hydrogen (secondary N) is 1. The molecule has 3 rings (SSSR count). The number of benzene rings is 1. The van der Waals surface area contributed by atoms with Crippen LogP contribution in [0.15, 0.2) is 42.6 Å². The van der Waals surface area contributed by atoms with Crippen LogP contribution in [0.2, 0.25) is 0 Å². The van der Waals surface area contributed by atoms with E-state index in [-0.39, 0.29) is 0 Å². The summed E-state index contributed by atoms with van der Waals surface area (Å²) in [7, 11) is 2.06. The second-order valence-corrected chi connectivity index (χ2v) is 5.73. The van der Waals surface area contributed by atoms with Gasteiger partial charge in [-0.15, -0.1) is 0 Å². The minimum absolute atomic E-state index is 0.351. The van der Waals surface area contributed by atoms with Crippen molar-refractivity contribution in [1.82, 2.24) is 10.3 Å². The largest absolute Gasteiger partial charge is 0.312 e. The Bertz CT molecular complexity index is 591. The van der Waals surface area contributed by atoms with Crippen LogP contribution in [0.5, 0.6) is 0 Å². The van der Waals surface area contributed by atoms with Gasteiger partial charge >= 0.3 is 0 Å². The van der Waals surface area contributed by atoms with Gasteiger partial charge in [-0.05, 0) is 50.4 Å². The number of hydrogen-bond acceptors (Lipinski definition) is 2. The first kappa shape index (κ1) is 13.3. The van der Waals surface area contributed by atoms with Crippen molar-refractivity contribution in [2.24, 2.45) is 0 Å². The molecule has 1 aromatic heterocycles. The average Bonchev–Trinajstić information content (AvgIpc) is 2.48. The lowest BCUT2D eigenvalue weighted by Crippen LogP contribution is -2.27. The zero-order chi connectivity index (χ0) is 13.9. The molecule has 1 aromatic carbocycles. The van der Waals surface area contributed by atoms with Crippen molar-refractivity contribution in [2.75, 3.05) is 7.05 Å². The second kappa shape index (κ2) is 5.76. The Morgan fingerprint density at radius 2 is 2.15 bits per heavy atom. The molecule has 1 N–H and O–H groups in total. The molecule has 0 spiro atoms. The van der Waals surface area contributed by atoms with E-state index in [1.165, 1.54) is 41.6 Å². The van der Waals surface area contributed by atoms with Gasteiger partial charge < -0.3 is 5.32 Å². The molecule has 0 radical (unpaired) electrons. The van der Waals surface area contributed by atoms with Crippen LogP contribution >= 0.6 is 0 Å². The molecule has 2 aromatic rings. The van der Waals surface area contributed by atoms with Crippen LogP contribution in [0.25, 0.3) is 0 Å². The van der Waals surface area contributed by atoms with Gasteiger partial charge in [0.2, 0.25) is 0 Å². The minimum atomic E-state index is 0.351. The Balaban J connectivity index is 1.99. The number of hydrogen-bond donors (Lipinski definition) is 1. The van der Waals surface area contributed by atoms with Crippen molar-refractivity contribution in [3.05, 3.63) is 65.0 Å². The third-order valence-corrected chi connectivity index (χ3v) is 4.35. The Morgan fingerprint density at radius 1 is 1.25 bits per heavy atom. The molecule has 0 fully saturated rings. The van der Waals surface area contributed by atoms with Gasteiger partial charge in [0, 0.05) is 23.9 Å². The first-order chi connectivity index (χ1) is 9.79. The highest BCUT2D eigenvalue weighted by Gasteiger charge is 2.29. The summed E-state index contributed by atoms with van der Waals surface area (Å²) in [6.07, 6.45) is 5.57. The smallest absolute Gasteiger partial charge is 0.0485 e. The highest BCUT2D eigenvalue weighted by molar-refractivity contribution is 5.33. The van der Waals surface area contributed by atoms with E-state index in [4.69, 9.17) is 0 Å². The average molecular weight is 266 g/mol. The fourth-order valence-electron chi connectivity index (χ4n) is 3.43. The van der Waals surface area contributed by atoms with E-state index in [9.17, 15) is 0 Å². The van der Waals surface area contributed by atoms with Crippen LogP contribution in [-0.4, -0.2) is 12.0 Å². The molecule has 0 saturated carbocycles. The Hall–Kier alpha value is -1.67. The zero-order valence-corrected chi connectivity index (χ0v) is 12.3. The van der Waals surface area contributed by atoms with Crippen LogP contribution < -0.4 is 5.32 Å². The highest BCUT2D eigenvalue weighted by Crippen LogP contribution is 2.39. The molecular weight excluding hydrogens is 244 g/mol. The van der Waals surface area contributed by atoms with E-state index >= 15 is 0 Å².